The van der Waals surface area contributed by atoms with Crippen molar-refractivity contribution in [3.05, 3.63) is 96.1 Å². The van der Waals surface area contributed by atoms with Crippen LogP contribution < -0.4 is 10.1 Å². The van der Waals surface area contributed by atoms with Gasteiger partial charge in [-0.15, -0.1) is 0 Å². The Bertz CT molecular complexity index is 1060. The van der Waals surface area contributed by atoms with Crippen LogP contribution in [0.2, 0.25) is 0 Å². The van der Waals surface area contributed by atoms with Crippen molar-refractivity contribution in [3.63, 3.8) is 0 Å². The highest BCUT2D eigenvalue weighted by atomic mass is 16.5. The van der Waals surface area contributed by atoms with Crippen LogP contribution in [0.4, 0.5) is 0 Å². The smallest absolute Gasteiger partial charge is 0.124 e. The highest BCUT2D eigenvalue weighted by Gasteiger charge is 2.09. The molecule has 0 bridgehead atoms. The largest absolute Gasteiger partial charge is 0.489 e. The van der Waals surface area contributed by atoms with Gasteiger partial charge in [0.05, 0.1) is 6.33 Å². The minimum Gasteiger partial charge on any atom is -0.489 e. The predicted octanol–water partition coefficient (Wildman–Crippen LogP) is 5.10. The van der Waals surface area contributed by atoms with Crippen molar-refractivity contribution in [2.24, 2.45) is 0 Å². The van der Waals surface area contributed by atoms with E-state index in [0.29, 0.717) is 6.61 Å². The third-order valence-electron chi connectivity index (χ3n) is 5.27. The summed E-state index contributed by atoms with van der Waals surface area (Å²) in [4.78, 5) is 4.09. The number of ether oxygens (including phenoxy) is 1. The summed E-state index contributed by atoms with van der Waals surface area (Å²) in [5.41, 5.74) is 3.70. The topological polar surface area (TPSA) is 39.1 Å². The van der Waals surface area contributed by atoms with Crippen LogP contribution >= 0.6 is 0 Å². The Kier molecular flexibility index (Phi) is 6.22. The number of aryl methyl sites for hydroxylation is 2. The number of nitrogens with one attached hydrogen (secondary N) is 1. The van der Waals surface area contributed by atoms with E-state index in [-0.39, 0.29) is 0 Å². The van der Waals surface area contributed by atoms with Crippen LogP contribution in [0.1, 0.15) is 23.1 Å². The maximum atomic E-state index is 6.28. The molecule has 0 aliphatic heterocycles. The number of benzene rings is 3. The normalized spacial score (nSPS) is 11.1. The average Bonchev–Trinajstić information content (AvgIpc) is 3.27. The molecule has 0 saturated carbocycles. The first-order valence-corrected chi connectivity index (χ1v) is 10.2. The first-order chi connectivity index (χ1) is 14.3. The highest BCUT2D eigenvalue weighted by Crippen LogP contribution is 2.29. The zero-order valence-electron chi connectivity index (χ0n) is 16.8. The summed E-state index contributed by atoms with van der Waals surface area (Å²) in [6.45, 7) is 5.41. The summed E-state index contributed by atoms with van der Waals surface area (Å²) in [5, 5.41) is 6.08. The van der Waals surface area contributed by atoms with Gasteiger partial charge in [-0.25, -0.2) is 4.98 Å². The van der Waals surface area contributed by atoms with Gasteiger partial charge in [0.2, 0.25) is 0 Å². The van der Waals surface area contributed by atoms with E-state index in [1.54, 1.807) is 0 Å². The fourth-order valence-corrected chi connectivity index (χ4v) is 3.58. The molecule has 1 aromatic heterocycles. The first kappa shape index (κ1) is 19.2. The number of imidazole rings is 1. The van der Waals surface area contributed by atoms with E-state index >= 15 is 0 Å². The van der Waals surface area contributed by atoms with E-state index in [1.807, 2.05) is 18.7 Å². The molecular weight excluding hydrogens is 358 g/mol. The van der Waals surface area contributed by atoms with Gasteiger partial charge < -0.3 is 14.6 Å². The van der Waals surface area contributed by atoms with Crippen LogP contribution in [0.15, 0.2) is 79.4 Å². The van der Waals surface area contributed by atoms with Crippen molar-refractivity contribution < 1.29 is 4.74 Å². The molecule has 0 aliphatic carbocycles. The van der Waals surface area contributed by atoms with Crippen molar-refractivity contribution in [2.45, 2.75) is 33.0 Å². The maximum Gasteiger partial charge on any atom is 0.124 e. The molecule has 0 atom stereocenters. The quantitative estimate of drug-likeness (QED) is 0.407. The SMILES string of the molecule is Cc1ccccc1COc1ccc2ccccc2c1CNCCCn1ccnc1. The summed E-state index contributed by atoms with van der Waals surface area (Å²) in [6.07, 6.45) is 6.74. The van der Waals surface area contributed by atoms with Crippen LogP contribution in [-0.4, -0.2) is 16.1 Å². The molecule has 148 valence electrons. The van der Waals surface area contributed by atoms with Gasteiger partial charge in [-0.3, -0.25) is 0 Å². The lowest BCUT2D eigenvalue weighted by atomic mass is 10.0. The lowest BCUT2D eigenvalue weighted by Crippen LogP contribution is -2.17. The van der Waals surface area contributed by atoms with E-state index in [9.17, 15) is 0 Å². The molecular formula is C25H27N3O. The van der Waals surface area contributed by atoms with E-state index in [1.165, 1.54) is 27.5 Å². The van der Waals surface area contributed by atoms with Gasteiger partial charge in [0, 0.05) is 31.0 Å². The van der Waals surface area contributed by atoms with Crippen molar-refractivity contribution in [3.8, 4) is 5.75 Å². The zero-order valence-corrected chi connectivity index (χ0v) is 16.8. The minimum atomic E-state index is 0.582. The maximum absolute atomic E-state index is 6.28. The fraction of sp³-hybridized carbons (Fsp3) is 0.240. The van der Waals surface area contributed by atoms with Crippen molar-refractivity contribution in [2.75, 3.05) is 6.54 Å². The number of nitrogens with zero attached hydrogens (tertiary/aromatic N) is 2. The number of aromatic nitrogens is 2. The number of rotatable bonds is 9. The number of fused-ring (bicyclic) bond motifs is 1. The molecule has 1 heterocycles. The molecule has 0 unspecified atom stereocenters. The third-order valence-corrected chi connectivity index (χ3v) is 5.27. The van der Waals surface area contributed by atoms with E-state index < -0.39 is 0 Å². The molecule has 0 spiro atoms. The molecule has 1 N–H and O–H groups in total. The lowest BCUT2D eigenvalue weighted by Gasteiger charge is -2.16. The molecule has 4 heteroatoms. The molecule has 0 amide bonds. The van der Waals surface area contributed by atoms with Crippen molar-refractivity contribution >= 4 is 10.8 Å². The second-order valence-corrected chi connectivity index (χ2v) is 7.31. The van der Waals surface area contributed by atoms with Gasteiger partial charge >= 0.3 is 0 Å². The molecule has 3 aromatic carbocycles. The van der Waals surface area contributed by atoms with Gasteiger partial charge in [0.1, 0.15) is 12.4 Å². The molecule has 0 aliphatic rings. The second kappa shape index (κ2) is 9.39. The van der Waals surface area contributed by atoms with Gasteiger partial charge in [-0.05, 0) is 47.9 Å². The second-order valence-electron chi connectivity index (χ2n) is 7.31. The lowest BCUT2D eigenvalue weighted by molar-refractivity contribution is 0.302. The Balaban J connectivity index is 1.46. The Morgan fingerprint density at radius 2 is 1.86 bits per heavy atom. The Morgan fingerprint density at radius 1 is 1.00 bits per heavy atom. The molecule has 0 fully saturated rings. The molecule has 29 heavy (non-hydrogen) atoms. The molecule has 0 saturated heterocycles. The summed E-state index contributed by atoms with van der Waals surface area (Å²) in [5.74, 6) is 0.953. The average molecular weight is 386 g/mol. The standard InChI is InChI=1S/C25H27N3O/c1-20-7-2-3-9-22(20)18-29-25-12-11-21-8-4-5-10-23(21)24(25)17-26-13-6-15-28-16-14-27-19-28/h2-5,7-12,14,16,19,26H,6,13,15,17-18H2,1H3. The number of hydrogen-bond acceptors (Lipinski definition) is 3. The van der Waals surface area contributed by atoms with E-state index in [0.717, 1.165) is 31.8 Å². The molecule has 0 radical (unpaired) electrons. The van der Waals surface area contributed by atoms with Gasteiger partial charge in [-0.2, -0.15) is 0 Å². The van der Waals surface area contributed by atoms with Gasteiger partial charge in [0.25, 0.3) is 0 Å². The van der Waals surface area contributed by atoms with E-state index in [2.05, 4.69) is 82.5 Å². The van der Waals surface area contributed by atoms with Crippen LogP contribution in [0, 0.1) is 6.92 Å². The predicted molar refractivity (Wildman–Crippen MR) is 118 cm³/mol. The molecule has 4 nitrogen and oxygen atoms in total. The molecule has 4 rings (SSSR count). The summed E-state index contributed by atoms with van der Waals surface area (Å²) >= 11 is 0. The summed E-state index contributed by atoms with van der Waals surface area (Å²) in [7, 11) is 0. The van der Waals surface area contributed by atoms with Crippen molar-refractivity contribution in [1.82, 2.24) is 14.9 Å². The third kappa shape index (κ3) is 4.84. The monoisotopic (exact) mass is 385 g/mol. The Labute approximate surface area is 172 Å². The fourth-order valence-electron chi connectivity index (χ4n) is 3.58. The first-order valence-electron chi connectivity index (χ1n) is 10.2. The minimum absolute atomic E-state index is 0.582. The van der Waals surface area contributed by atoms with Gasteiger partial charge in [-0.1, -0.05) is 54.6 Å². The zero-order chi connectivity index (χ0) is 19.9. The Hall–Kier alpha value is -3.11. The van der Waals surface area contributed by atoms with Crippen LogP contribution in [0.3, 0.4) is 0 Å². The van der Waals surface area contributed by atoms with E-state index in [4.69, 9.17) is 4.74 Å². The van der Waals surface area contributed by atoms with Crippen LogP contribution in [0.25, 0.3) is 10.8 Å². The van der Waals surface area contributed by atoms with Crippen molar-refractivity contribution in [1.29, 1.82) is 0 Å². The van der Waals surface area contributed by atoms with Crippen LogP contribution in [-0.2, 0) is 19.7 Å². The number of hydrogen-bond donors (Lipinski definition) is 1. The summed E-state index contributed by atoms with van der Waals surface area (Å²) < 4.78 is 8.38. The highest BCUT2D eigenvalue weighted by molar-refractivity contribution is 5.87. The summed E-state index contributed by atoms with van der Waals surface area (Å²) in [6, 6.07) is 21.1. The molecule has 4 aromatic rings. The van der Waals surface area contributed by atoms with Crippen LogP contribution in [0.5, 0.6) is 5.75 Å². The Morgan fingerprint density at radius 3 is 2.72 bits per heavy atom. The van der Waals surface area contributed by atoms with Gasteiger partial charge in [0.15, 0.2) is 0 Å².